The number of halogens is 1. The Morgan fingerprint density at radius 3 is 2.78 bits per heavy atom. The Morgan fingerprint density at radius 1 is 1.35 bits per heavy atom. The molecule has 0 N–H and O–H groups in total. The molecule has 0 aromatic heterocycles. The Hall–Kier alpha value is -1.68. The summed E-state index contributed by atoms with van der Waals surface area (Å²) in [6.45, 7) is 9.03. The first-order valence-electron chi connectivity index (χ1n) is 8.47. The molecule has 1 amide bonds. The summed E-state index contributed by atoms with van der Waals surface area (Å²) in [7, 11) is 0. The monoisotopic (exact) mass is 316 g/mol. The van der Waals surface area contributed by atoms with Gasteiger partial charge < -0.3 is 4.90 Å². The lowest BCUT2D eigenvalue weighted by molar-refractivity contribution is 0.0366. The van der Waals surface area contributed by atoms with Gasteiger partial charge in [-0.05, 0) is 56.8 Å². The molecule has 0 bridgehead atoms. The van der Waals surface area contributed by atoms with Crippen LogP contribution in [0.4, 0.5) is 4.39 Å². The van der Waals surface area contributed by atoms with E-state index in [-0.39, 0.29) is 17.3 Å². The normalized spacial score (nSPS) is 25.0. The molecule has 2 fully saturated rings. The van der Waals surface area contributed by atoms with E-state index in [4.69, 9.17) is 0 Å². The molecule has 4 heteroatoms. The summed E-state index contributed by atoms with van der Waals surface area (Å²) in [4.78, 5) is 17.2. The van der Waals surface area contributed by atoms with Crippen LogP contribution in [0.25, 0.3) is 0 Å². The van der Waals surface area contributed by atoms with E-state index in [0.717, 1.165) is 45.4 Å². The van der Waals surface area contributed by atoms with Crippen molar-refractivity contribution in [3.8, 4) is 0 Å². The fraction of sp³-hybridized carbons (Fsp3) is 0.526. The van der Waals surface area contributed by atoms with Crippen LogP contribution in [0.2, 0.25) is 0 Å². The summed E-state index contributed by atoms with van der Waals surface area (Å²) in [6.07, 6.45) is 6.39. The van der Waals surface area contributed by atoms with Crippen molar-refractivity contribution in [2.24, 2.45) is 0 Å². The molecular formula is C19H25FN2O. The van der Waals surface area contributed by atoms with E-state index >= 15 is 0 Å². The number of amides is 1. The van der Waals surface area contributed by atoms with E-state index in [0.29, 0.717) is 11.1 Å². The number of likely N-dealkylation sites (tertiary alicyclic amines) is 2. The molecule has 2 saturated heterocycles. The van der Waals surface area contributed by atoms with Crippen molar-refractivity contribution >= 4 is 5.91 Å². The summed E-state index contributed by atoms with van der Waals surface area (Å²) < 4.78 is 13.8. The van der Waals surface area contributed by atoms with E-state index in [1.165, 1.54) is 12.5 Å². The van der Waals surface area contributed by atoms with Gasteiger partial charge in [-0.3, -0.25) is 9.69 Å². The zero-order valence-electron chi connectivity index (χ0n) is 13.9. The number of carbonyl (C=O) groups excluding carboxylic acids is 1. The molecule has 0 saturated carbocycles. The Balaban J connectivity index is 1.79. The quantitative estimate of drug-likeness (QED) is 0.798. The van der Waals surface area contributed by atoms with Crippen LogP contribution >= 0.6 is 0 Å². The van der Waals surface area contributed by atoms with Gasteiger partial charge in [-0.2, -0.15) is 0 Å². The standard InChI is InChI=1S/C19H25FN2O/c1-3-10-22-12-5-9-19(22)8-4-11-21(14-19)18(23)16-7-6-15(2)17(20)13-16/h3,6-7,13H,1,4-5,8-12,14H2,2H3. The van der Waals surface area contributed by atoms with Gasteiger partial charge in [0.15, 0.2) is 0 Å². The number of piperidine rings is 1. The highest BCUT2D eigenvalue weighted by molar-refractivity contribution is 5.94. The van der Waals surface area contributed by atoms with Gasteiger partial charge in [-0.15, -0.1) is 6.58 Å². The molecule has 0 radical (unpaired) electrons. The molecule has 1 atom stereocenters. The molecule has 3 rings (SSSR count). The van der Waals surface area contributed by atoms with Crippen molar-refractivity contribution in [3.63, 3.8) is 0 Å². The van der Waals surface area contributed by atoms with Gasteiger partial charge in [-0.25, -0.2) is 4.39 Å². The third-order valence-corrected chi connectivity index (χ3v) is 5.35. The molecule has 2 heterocycles. The van der Waals surface area contributed by atoms with Gasteiger partial charge in [0.2, 0.25) is 0 Å². The maximum Gasteiger partial charge on any atom is 0.254 e. The summed E-state index contributed by atoms with van der Waals surface area (Å²) in [5.41, 5.74) is 1.12. The van der Waals surface area contributed by atoms with Crippen LogP contribution in [0, 0.1) is 12.7 Å². The Bertz CT molecular complexity index is 615. The van der Waals surface area contributed by atoms with Crippen molar-refractivity contribution in [1.82, 2.24) is 9.80 Å². The number of hydrogen-bond donors (Lipinski definition) is 0. The number of aryl methyl sites for hydroxylation is 1. The molecule has 1 aromatic carbocycles. The zero-order chi connectivity index (χ0) is 16.4. The van der Waals surface area contributed by atoms with Gasteiger partial charge in [0.05, 0.1) is 0 Å². The fourth-order valence-electron chi connectivity index (χ4n) is 4.09. The molecule has 1 spiro atoms. The van der Waals surface area contributed by atoms with Crippen LogP contribution in [-0.4, -0.2) is 47.4 Å². The van der Waals surface area contributed by atoms with Crippen molar-refractivity contribution in [1.29, 1.82) is 0 Å². The minimum absolute atomic E-state index is 0.0478. The molecule has 2 aliphatic rings. The van der Waals surface area contributed by atoms with Crippen molar-refractivity contribution in [2.75, 3.05) is 26.2 Å². The first kappa shape index (κ1) is 16.2. The van der Waals surface area contributed by atoms with Crippen LogP contribution in [0.15, 0.2) is 30.9 Å². The summed E-state index contributed by atoms with van der Waals surface area (Å²) >= 11 is 0. The second-order valence-electron chi connectivity index (χ2n) is 6.86. The third-order valence-electron chi connectivity index (χ3n) is 5.35. The van der Waals surface area contributed by atoms with Crippen molar-refractivity contribution in [2.45, 2.75) is 38.1 Å². The van der Waals surface area contributed by atoms with E-state index in [2.05, 4.69) is 11.5 Å². The molecular weight excluding hydrogens is 291 g/mol. The molecule has 0 aliphatic carbocycles. The molecule has 23 heavy (non-hydrogen) atoms. The summed E-state index contributed by atoms with van der Waals surface area (Å²) in [6, 6.07) is 4.79. The molecule has 1 aromatic rings. The van der Waals surface area contributed by atoms with Gasteiger partial charge >= 0.3 is 0 Å². The number of carbonyl (C=O) groups is 1. The Labute approximate surface area is 137 Å². The predicted molar refractivity (Wildman–Crippen MR) is 90.0 cm³/mol. The van der Waals surface area contributed by atoms with Crippen LogP contribution in [0.3, 0.4) is 0 Å². The lowest BCUT2D eigenvalue weighted by Gasteiger charge is -2.45. The maximum absolute atomic E-state index is 13.8. The predicted octanol–water partition coefficient (Wildman–Crippen LogP) is 3.39. The fourth-order valence-corrected chi connectivity index (χ4v) is 4.09. The highest BCUT2D eigenvalue weighted by atomic mass is 19.1. The minimum atomic E-state index is -0.309. The number of nitrogens with zero attached hydrogens (tertiary/aromatic N) is 2. The van der Waals surface area contributed by atoms with Crippen molar-refractivity contribution < 1.29 is 9.18 Å². The van der Waals surface area contributed by atoms with Crippen LogP contribution in [-0.2, 0) is 0 Å². The second-order valence-corrected chi connectivity index (χ2v) is 6.86. The van der Waals surface area contributed by atoms with Crippen molar-refractivity contribution in [3.05, 3.63) is 47.8 Å². The maximum atomic E-state index is 13.8. The average molecular weight is 316 g/mol. The second kappa shape index (κ2) is 6.44. The van der Waals surface area contributed by atoms with E-state index in [1.54, 1.807) is 19.1 Å². The van der Waals surface area contributed by atoms with E-state index < -0.39 is 0 Å². The average Bonchev–Trinajstić information content (AvgIpc) is 2.92. The summed E-state index contributed by atoms with van der Waals surface area (Å²) in [5.74, 6) is -0.356. The highest BCUT2D eigenvalue weighted by Gasteiger charge is 2.44. The van der Waals surface area contributed by atoms with E-state index in [1.807, 2.05) is 11.0 Å². The van der Waals surface area contributed by atoms with Crippen LogP contribution in [0.1, 0.15) is 41.6 Å². The number of rotatable bonds is 3. The van der Waals surface area contributed by atoms with Gasteiger partial charge in [0.1, 0.15) is 5.82 Å². The molecule has 124 valence electrons. The number of hydrogen-bond acceptors (Lipinski definition) is 2. The lowest BCUT2D eigenvalue weighted by atomic mass is 9.86. The molecule has 2 aliphatic heterocycles. The minimum Gasteiger partial charge on any atom is -0.337 e. The number of benzene rings is 1. The van der Waals surface area contributed by atoms with Crippen LogP contribution < -0.4 is 0 Å². The van der Waals surface area contributed by atoms with E-state index in [9.17, 15) is 9.18 Å². The summed E-state index contributed by atoms with van der Waals surface area (Å²) in [5, 5.41) is 0. The largest absolute Gasteiger partial charge is 0.337 e. The van der Waals surface area contributed by atoms with Gasteiger partial charge in [0, 0.05) is 30.7 Å². The topological polar surface area (TPSA) is 23.6 Å². The first-order valence-corrected chi connectivity index (χ1v) is 8.47. The van der Waals surface area contributed by atoms with Crippen LogP contribution in [0.5, 0.6) is 0 Å². The SMILES string of the molecule is C=CCN1CCCC12CCCN(C(=O)c1ccc(C)c(F)c1)C2. The van der Waals surface area contributed by atoms with Gasteiger partial charge in [-0.1, -0.05) is 12.1 Å². The van der Waals surface area contributed by atoms with Gasteiger partial charge in [0.25, 0.3) is 5.91 Å². The first-order chi connectivity index (χ1) is 11.1. The Kier molecular flexibility index (Phi) is 4.53. The molecule has 3 nitrogen and oxygen atoms in total. The zero-order valence-corrected chi connectivity index (χ0v) is 13.9. The highest BCUT2D eigenvalue weighted by Crippen LogP contribution is 2.37. The third kappa shape index (κ3) is 3.05. The molecule has 1 unspecified atom stereocenters. The smallest absolute Gasteiger partial charge is 0.254 e. The lowest BCUT2D eigenvalue weighted by Crippen LogP contribution is -2.56. The Morgan fingerprint density at radius 2 is 2.09 bits per heavy atom.